The molecule has 0 atom stereocenters. The van der Waals surface area contributed by atoms with Gasteiger partial charge < -0.3 is 4.57 Å². The van der Waals surface area contributed by atoms with Crippen LogP contribution in [0.2, 0.25) is 0 Å². The Morgan fingerprint density at radius 2 is 1.88 bits per heavy atom. The molecule has 0 spiro atoms. The van der Waals surface area contributed by atoms with E-state index in [0.717, 1.165) is 28.3 Å². The molecule has 0 bridgehead atoms. The molecule has 6 heteroatoms. The number of amidine groups is 2. The fourth-order valence-corrected chi connectivity index (χ4v) is 4.16. The molecular formula is C20H18N4OS. The van der Waals surface area contributed by atoms with Crippen molar-refractivity contribution in [1.82, 2.24) is 9.47 Å². The Kier molecular flexibility index (Phi) is 3.92. The molecule has 3 heterocycles. The summed E-state index contributed by atoms with van der Waals surface area (Å²) in [7, 11) is 0. The number of amides is 1. The van der Waals surface area contributed by atoms with Crippen LogP contribution >= 0.6 is 11.8 Å². The standard InChI is InChI=1S/C20H18N4OS/c1-12-9-15(14(3)23(12)16-7-5-4-6-8-16)10-17-18(21)24-13(2)11-26-20(24)22-19(17)25/h4-11,21H,1-3H3/b17-10-,21-18?. The van der Waals surface area contributed by atoms with Crippen molar-refractivity contribution in [2.75, 3.05) is 0 Å². The number of aromatic nitrogens is 1. The highest BCUT2D eigenvalue weighted by molar-refractivity contribution is 8.16. The molecule has 1 amide bonds. The number of benzene rings is 1. The van der Waals surface area contributed by atoms with E-state index in [0.29, 0.717) is 10.7 Å². The van der Waals surface area contributed by atoms with Gasteiger partial charge in [-0.1, -0.05) is 30.0 Å². The molecule has 0 unspecified atom stereocenters. The second-order valence-corrected chi connectivity index (χ2v) is 7.15. The number of aliphatic imine (C=N–C) groups is 1. The summed E-state index contributed by atoms with van der Waals surface area (Å²) < 4.78 is 2.15. The third kappa shape index (κ3) is 2.54. The quantitative estimate of drug-likeness (QED) is 0.812. The summed E-state index contributed by atoms with van der Waals surface area (Å²) in [6.45, 7) is 5.98. The van der Waals surface area contributed by atoms with Crippen LogP contribution in [0, 0.1) is 19.3 Å². The molecule has 0 radical (unpaired) electrons. The minimum Gasteiger partial charge on any atom is -0.318 e. The van der Waals surface area contributed by atoms with Crippen molar-refractivity contribution >= 4 is 34.7 Å². The summed E-state index contributed by atoms with van der Waals surface area (Å²) in [5, 5.41) is 10.9. The highest BCUT2D eigenvalue weighted by Gasteiger charge is 2.34. The summed E-state index contributed by atoms with van der Waals surface area (Å²) >= 11 is 1.38. The normalized spacial score (nSPS) is 18.3. The number of nitrogens with one attached hydrogen (secondary N) is 1. The van der Waals surface area contributed by atoms with Gasteiger partial charge in [0.15, 0.2) is 5.17 Å². The number of hydrogen-bond donors (Lipinski definition) is 1. The Morgan fingerprint density at radius 1 is 1.15 bits per heavy atom. The first kappa shape index (κ1) is 16.6. The monoisotopic (exact) mass is 362 g/mol. The lowest BCUT2D eigenvalue weighted by molar-refractivity contribution is -0.114. The lowest BCUT2D eigenvalue weighted by Gasteiger charge is -2.25. The fraction of sp³-hybridized carbons (Fsp3) is 0.150. The summed E-state index contributed by atoms with van der Waals surface area (Å²) in [5.74, 6) is -0.176. The van der Waals surface area contributed by atoms with E-state index in [1.165, 1.54) is 11.8 Å². The smallest absolute Gasteiger partial charge is 0.283 e. The van der Waals surface area contributed by atoms with Crippen LogP contribution in [0.25, 0.3) is 11.8 Å². The van der Waals surface area contributed by atoms with Crippen LogP contribution in [0.5, 0.6) is 0 Å². The molecule has 1 N–H and O–H groups in total. The number of para-hydroxylation sites is 1. The second-order valence-electron chi connectivity index (χ2n) is 6.32. The van der Waals surface area contributed by atoms with Gasteiger partial charge in [-0.05, 0) is 56.0 Å². The molecule has 2 aliphatic heterocycles. The molecule has 130 valence electrons. The predicted molar refractivity (Wildman–Crippen MR) is 107 cm³/mol. The molecule has 4 rings (SSSR count). The largest absolute Gasteiger partial charge is 0.318 e. The maximum Gasteiger partial charge on any atom is 0.283 e. The molecule has 2 aliphatic rings. The highest BCUT2D eigenvalue weighted by Crippen LogP contribution is 2.32. The van der Waals surface area contributed by atoms with Gasteiger partial charge in [0.05, 0.1) is 5.57 Å². The van der Waals surface area contributed by atoms with Gasteiger partial charge in [0.1, 0.15) is 5.84 Å². The number of nitrogens with zero attached hydrogens (tertiary/aromatic N) is 3. The van der Waals surface area contributed by atoms with Gasteiger partial charge in [-0.25, -0.2) is 0 Å². The Labute approximate surface area is 156 Å². The molecule has 26 heavy (non-hydrogen) atoms. The molecule has 0 saturated heterocycles. The van der Waals surface area contributed by atoms with E-state index in [9.17, 15) is 4.79 Å². The lowest BCUT2D eigenvalue weighted by atomic mass is 10.1. The van der Waals surface area contributed by atoms with E-state index in [1.54, 1.807) is 11.0 Å². The van der Waals surface area contributed by atoms with Gasteiger partial charge in [-0.3, -0.25) is 15.1 Å². The van der Waals surface area contributed by atoms with Crippen molar-refractivity contribution in [3.05, 3.63) is 70.0 Å². The summed E-state index contributed by atoms with van der Waals surface area (Å²) in [6.07, 6.45) is 1.78. The number of aryl methyl sites for hydroxylation is 1. The van der Waals surface area contributed by atoms with Crippen molar-refractivity contribution in [2.24, 2.45) is 4.99 Å². The maximum absolute atomic E-state index is 12.5. The average molecular weight is 362 g/mol. The molecule has 0 fully saturated rings. The Bertz CT molecular complexity index is 1030. The maximum atomic E-state index is 12.5. The van der Waals surface area contributed by atoms with Crippen LogP contribution in [0.1, 0.15) is 23.9 Å². The Balaban J connectivity index is 1.79. The van der Waals surface area contributed by atoms with Crippen LogP contribution in [0.3, 0.4) is 0 Å². The van der Waals surface area contributed by atoms with Crippen molar-refractivity contribution in [1.29, 1.82) is 5.41 Å². The Hall–Kier alpha value is -2.86. The molecule has 1 aromatic heterocycles. The van der Waals surface area contributed by atoms with Crippen molar-refractivity contribution < 1.29 is 4.79 Å². The zero-order valence-electron chi connectivity index (χ0n) is 14.8. The number of carbonyl (C=O) groups excluding carboxylic acids is 1. The number of allylic oxidation sites excluding steroid dienone is 1. The highest BCUT2D eigenvalue weighted by atomic mass is 32.2. The van der Waals surface area contributed by atoms with Crippen LogP contribution in [-0.4, -0.2) is 26.4 Å². The summed E-state index contributed by atoms with van der Waals surface area (Å²) in [4.78, 5) is 18.3. The molecular weight excluding hydrogens is 344 g/mol. The first-order valence-electron chi connectivity index (χ1n) is 8.29. The molecule has 2 aromatic rings. The second kappa shape index (κ2) is 6.14. The van der Waals surface area contributed by atoms with E-state index in [1.807, 2.05) is 50.4 Å². The van der Waals surface area contributed by atoms with Crippen LogP contribution in [0.4, 0.5) is 0 Å². The third-order valence-electron chi connectivity index (χ3n) is 4.57. The van der Waals surface area contributed by atoms with Gasteiger partial charge in [0, 0.05) is 22.8 Å². The molecule has 1 aromatic carbocycles. The van der Waals surface area contributed by atoms with Crippen molar-refractivity contribution in [3.63, 3.8) is 0 Å². The average Bonchev–Trinajstić information content (AvgIpc) is 3.12. The number of hydrogen-bond acceptors (Lipinski definition) is 3. The van der Waals surface area contributed by atoms with E-state index in [-0.39, 0.29) is 11.7 Å². The molecule has 0 saturated carbocycles. The van der Waals surface area contributed by atoms with Crippen LogP contribution in [-0.2, 0) is 4.79 Å². The predicted octanol–water partition coefficient (Wildman–Crippen LogP) is 4.26. The minimum atomic E-state index is -0.360. The first-order chi connectivity index (χ1) is 12.5. The minimum absolute atomic E-state index is 0.184. The van der Waals surface area contributed by atoms with E-state index >= 15 is 0 Å². The Morgan fingerprint density at radius 3 is 2.62 bits per heavy atom. The van der Waals surface area contributed by atoms with Gasteiger partial charge >= 0.3 is 0 Å². The first-order valence-corrected chi connectivity index (χ1v) is 9.17. The number of fused-ring (bicyclic) bond motifs is 1. The lowest BCUT2D eigenvalue weighted by Crippen LogP contribution is -2.37. The fourth-order valence-electron chi connectivity index (χ4n) is 3.31. The van der Waals surface area contributed by atoms with Crippen LogP contribution in [0.15, 0.2) is 58.1 Å². The number of thioether (sulfide) groups is 1. The van der Waals surface area contributed by atoms with Crippen molar-refractivity contribution in [2.45, 2.75) is 20.8 Å². The summed E-state index contributed by atoms with van der Waals surface area (Å²) in [6, 6.07) is 12.1. The molecule has 0 aliphatic carbocycles. The zero-order chi connectivity index (χ0) is 18.4. The van der Waals surface area contributed by atoms with E-state index in [4.69, 9.17) is 5.41 Å². The SMILES string of the molecule is CC1=CSC2=NC(=O)/C(=C\c3cc(C)n(-c4ccccc4)c3C)C(=N)N12. The zero-order valence-corrected chi connectivity index (χ0v) is 15.6. The van der Waals surface area contributed by atoms with Gasteiger partial charge in [-0.15, -0.1) is 0 Å². The van der Waals surface area contributed by atoms with Crippen molar-refractivity contribution in [3.8, 4) is 5.69 Å². The number of carbonyl (C=O) groups is 1. The van der Waals surface area contributed by atoms with E-state index < -0.39 is 0 Å². The van der Waals surface area contributed by atoms with Gasteiger partial charge in [-0.2, -0.15) is 4.99 Å². The van der Waals surface area contributed by atoms with E-state index in [2.05, 4.69) is 21.7 Å². The number of rotatable bonds is 2. The van der Waals surface area contributed by atoms with Gasteiger partial charge in [0.2, 0.25) is 0 Å². The third-order valence-corrected chi connectivity index (χ3v) is 5.51. The summed E-state index contributed by atoms with van der Waals surface area (Å²) in [5.41, 5.74) is 5.33. The van der Waals surface area contributed by atoms with Crippen LogP contribution < -0.4 is 0 Å². The van der Waals surface area contributed by atoms with Gasteiger partial charge in [0.25, 0.3) is 5.91 Å². The molecule has 5 nitrogen and oxygen atoms in total. The topological polar surface area (TPSA) is 61.5 Å².